The van der Waals surface area contributed by atoms with Gasteiger partial charge in [0.2, 0.25) is 5.91 Å². The maximum atomic E-state index is 13.5. The Labute approximate surface area is 239 Å². The van der Waals surface area contributed by atoms with Gasteiger partial charge in [0.25, 0.3) is 0 Å². The van der Waals surface area contributed by atoms with E-state index in [1.807, 2.05) is 30.0 Å². The molecule has 12 heteroatoms. The minimum absolute atomic E-state index is 0.0289. The first-order chi connectivity index (χ1) is 18.9. The highest BCUT2D eigenvalue weighted by atomic mass is 35.5. The molecule has 3 amide bonds. The van der Waals surface area contributed by atoms with Gasteiger partial charge in [-0.15, -0.1) is 29.8 Å². The Hall–Kier alpha value is -2.20. The quantitative estimate of drug-likeness (QED) is 0.173. The molecule has 216 valence electrons. The summed E-state index contributed by atoms with van der Waals surface area (Å²) in [5, 5.41) is 4.80. The molecule has 1 fully saturated rings. The molecule has 4 atom stereocenters. The second-order valence-corrected chi connectivity index (χ2v) is 10.7. The summed E-state index contributed by atoms with van der Waals surface area (Å²) in [5.41, 5.74) is 2.22. The number of carbonyl (C=O) groups is 2. The van der Waals surface area contributed by atoms with Crippen molar-refractivity contribution < 1.29 is 33.3 Å². The van der Waals surface area contributed by atoms with Crippen LogP contribution < -0.4 is 15.4 Å². The van der Waals surface area contributed by atoms with Gasteiger partial charge >= 0.3 is 6.03 Å². The van der Waals surface area contributed by atoms with E-state index in [9.17, 15) is 9.59 Å². The highest BCUT2D eigenvalue weighted by molar-refractivity contribution is 8.00. The van der Waals surface area contributed by atoms with E-state index < -0.39 is 0 Å². The van der Waals surface area contributed by atoms with E-state index in [-0.39, 0.29) is 47.1 Å². The molecule has 2 N–H and O–H groups in total. The van der Waals surface area contributed by atoms with Crippen molar-refractivity contribution in [3.63, 3.8) is 0 Å². The molecule has 0 saturated carbocycles. The van der Waals surface area contributed by atoms with E-state index in [2.05, 4.69) is 16.6 Å². The molecule has 2 unspecified atom stereocenters. The highest BCUT2D eigenvalue weighted by Gasteiger charge is 2.36. The standard InChI is InChI=1S/C27H38ClN3O7S/c1-4-7-35-8-9-36-10-11-37-12-13-38-17-21-14-20-15-22(34-3)5-6-23(20)19(2)31(21)25(32)18-39-26-24(28)16-29-27(33)30-26/h1,5-6,15,19,21,24,26H,7-14,16-18H2,2-3H3,(H2,29,30,33)/t19-,21+,24?,26?/m1/s1. The second kappa shape index (κ2) is 16.8. The largest absolute Gasteiger partial charge is 0.497 e. The van der Waals surface area contributed by atoms with Crippen molar-refractivity contribution in [2.75, 3.05) is 72.3 Å². The number of terminal acetylenes is 1. The fourth-order valence-electron chi connectivity index (χ4n) is 4.53. The van der Waals surface area contributed by atoms with Crippen molar-refractivity contribution in [1.29, 1.82) is 0 Å². The number of urea groups is 1. The third-order valence-corrected chi connectivity index (χ3v) is 8.19. The molecule has 0 spiro atoms. The number of carbonyl (C=O) groups excluding carboxylic acids is 2. The number of rotatable bonds is 16. The van der Waals surface area contributed by atoms with Crippen LogP contribution in [0, 0.1) is 12.3 Å². The van der Waals surface area contributed by atoms with Crippen LogP contribution in [0.4, 0.5) is 4.79 Å². The first-order valence-electron chi connectivity index (χ1n) is 13.0. The summed E-state index contributed by atoms with van der Waals surface area (Å²) in [7, 11) is 1.64. The van der Waals surface area contributed by atoms with E-state index in [1.165, 1.54) is 11.8 Å². The van der Waals surface area contributed by atoms with Crippen molar-refractivity contribution in [1.82, 2.24) is 15.5 Å². The van der Waals surface area contributed by atoms with Gasteiger partial charge in [-0.2, -0.15) is 0 Å². The van der Waals surface area contributed by atoms with Gasteiger partial charge in [0, 0.05) is 6.54 Å². The smallest absolute Gasteiger partial charge is 0.315 e. The van der Waals surface area contributed by atoms with E-state index in [1.54, 1.807) is 7.11 Å². The number of hydrogen-bond donors (Lipinski definition) is 2. The zero-order valence-corrected chi connectivity index (χ0v) is 24.1. The van der Waals surface area contributed by atoms with Crippen molar-refractivity contribution >= 4 is 35.3 Å². The predicted molar refractivity (Wildman–Crippen MR) is 150 cm³/mol. The van der Waals surface area contributed by atoms with Crippen molar-refractivity contribution in [3.8, 4) is 18.1 Å². The number of halogens is 1. The Morgan fingerprint density at radius 1 is 1.15 bits per heavy atom. The minimum Gasteiger partial charge on any atom is -0.497 e. The molecular weight excluding hydrogens is 546 g/mol. The van der Waals surface area contributed by atoms with Crippen molar-refractivity contribution in [2.45, 2.75) is 36.2 Å². The first-order valence-corrected chi connectivity index (χ1v) is 14.5. The van der Waals surface area contributed by atoms with Crippen LogP contribution in [0.1, 0.15) is 24.1 Å². The molecule has 1 aromatic carbocycles. The number of nitrogens with one attached hydrogen (secondary N) is 2. The first kappa shape index (κ1) is 31.3. The van der Waals surface area contributed by atoms with Gasteiger partial charge in [0.15, 0.2) is 0 Å². The lowest BCUT2D eigenvalue weighted by molar-refractivity contribution is -0.135. The van der Waals surface area contributed by atoms with Crippen LogP contribution >= 0.6 is 23.4 Å². The number of amides is 3. The Balaban J connectivity index is 1.50. The van der Waals surface area contributed by atoms with Crippen LogP contribution in [-0.4, -0.2) is 106 Å². The van der Waals surface area contributed by atoms with Gasteiger partial charge in [-0.05, 0) is 36.6 Å². The van der Waals surface area contributed by atoms with E-state index in [4.69, 9.17) is 41.7 Å². The zero-order valence-electron chi connectivity index (χ0n) is 22.5. The third-order valence-electron chi connectivity index (χ3n) is 6.41. The molecule has 0 radical (unpaired) electrons. The molecular formula is C27H38ClN3O7S. The lowest BCUT2D eigenvalue weighted by atomic mass is 9.88. The lowest BCUT2D eigenvalue weighted by Gasteiger charge is -2.42. The van der Waals surface area contributed by atoms with Crippen LogP contribution in [-0.2, 0) is 30.2 Å². The highest BCUT2D eigenvalue weighted by Crippen LogP contribution is 2.36. The van der Waals surface area contributed by atoms with Crippen LogP contribution in [0.2, 0.25) is 0 Å². The molecule has 0 bridgehead atoms. The molecule has 0 aliphatic carbocycles. The lowest BCUT2D eigenvalue weighted by Crippen LogP contribution is -2.55. The number of benzene rings is 1. The second-order valence-electron chi connectivity index (χ2n) is 9.06. The monoisotopic (exact) mass is 583 g/mol. The minimum atomic E-state index is -0.340. The number of methoxy groups -OCH3 is 1. The number of hydrogen-bond acceptors (Lipinski definition) is 8. The van der Waals surface area contributed by atoms with Gasteiger partial charge in [0.1, 0.15) is 12.4 Å². The molecule has 10 nitrogen and oxygen atoms in total. The van der Waals surface area contributed by atoms with Gasteiger partial charge in [0.05, 0.1) is 81.9 Å². The molecule has 2 aliphatic heterocycles. The average molecular weight is 584 g/mol. The molecule has 2 heterocycles. The van der Waals surface area contributed by atoms with E-state index >= 15 is 0 Å². The van der Waals surface area contributed by atoms with Gasteiger partial charge in [-0.25, -0.2) is 4.79 Å². The number of alkyl halides is 1. The predicted octanol–water partition coefficient (Wildman–Crippen LogP) is 2.19. The summed E-state index contributed by atoms with van der Waals surface area (Å²) in [5.74, 6) is 3.35. The molecule has 1 aromatic rings. The number of nitrogens with zero attached hydrogens (tertiary/aromatic N) is 1. The molecule has 0 aromatic heterocycles. The Morgan fingerprint density at radius 3 is 2.54 bits per heavy atom. The molecule has 2 aliphatic rings. The maximum absolute atomic E-state index is 13.5. The fourth-order valence-corrected chi connectivity index (χ4v) is 5.85. The number of thioether (sulfide) groups is 1. The Bertz CT molecular complexity index is 979. The summed E-state index contributed by atoms with van der Waals surface area (Å²) >= 11 is 7.69. The van der Waals surface area contributed by atoms with E-state index in [0.717, 1.165) is 16.9 Å². The fraction of sp³-hybridized carbons (Fsp3) is 0.630. The van der Waals surface area contributed by atoms with Gasteiger partial charge in [-0.1, -0.05) is 12.0 Å². The van der Waals surface area contributed by atoms with Crippen molar-refractivity contribution in [2.24, 2.45) is 0 Å². The molecule has 1 saturated heterocycles. The average Bonchev–Trinajstić information content (AvgIpc) is 2.93. The van der Waals surface area contributed by atoms with Crippen molar-refractivity contribution in [3.05, 3.63) is 29.3 Å². The van der Waals surface area contributed by atoms with E-state index in [0.29, 0.717) is 59.2 Å². The number of fused-ring (bicyclic) bond motifs is 1. The maximum Gasteiger partial charge on any atom is 0.315 e. The van der Waals surface area contributed by atoms with Gasteiger partial charge < -0.3 is 39.2 Å². The Morgan fingerprint density at radius 2 is 1.85 bits per heavy atom. The third kappa shape index (κ3) is 9.74. The SMILES string of the molecule is C#CCOCCOCCOCCOC[C@@H]1Cc2cc(OC)ccc2[C@@H](C)N1C(=O)CSC1NC(=O)NCC1Cl. The summed E-state index contributed by atoms with van der Waals surface area (Å²) in [4.78, 5) is 27.1. The number of ether oxygens (including phenoxy) is 5. The van der Waals surface area contributed by atoms with Crippen LogP contribution in [0.25, 0.3) is 0 Å². The normalized spacial score (nSPS) is 22.4. The van der Waals surface area contributed by atoms with Crippen LogP contribution in [0.15, 0.2) is 18.2 Å². The van der Waals surface area contributed by atoms with Gasteiger partial charge in [-0.3, -0.25) is 4.79 Å². The summed E-state index contributed by atoms with van der Waals surface area (Å²) in [6, 6.07) is 5.38. The summed E-state index contributed by atoms with van der Waals surface area (Å²) in [6.07, 6.45) is 5.76. The van der Waals surface area contributed by atoms with Crippen LogP contribution in [0.3, 0.4) is 0 Å². The summed E-state index contributed by atoms with van der Waals surface area (Å²) in [6.45, 7) is 5.67. The molecule has 3 rings (SSSR count). The summed E-state index contributed by atoms with van der Waals surface area (Å²) < 4.78 is 27.5. The topological polar surface area (TPSA) is 108 Å². The van der Waals surface area contributed by atoms with Crippen LogP contribution in [0.5, 0.6) is 5.75 Å². The molecule has 39 heavy (non-hydrogen) atoms. The zero-order chi connectivity index (χ0) is 28.0. The Kier molecular flexibility index (Phi) is 13.5.